The van der Waals surface area contributed by atoms with Gasteiger partial charge in [-0.3, -0.25) is 4.79 Å². The van der Waals surface area contributed by atoms with E-state index in [9.17, 15) is 4.79 Å². The number of likely N-dealkylation sites (tertiary alicyclic amines) is 1. The summed E-state index contributed by atoms with van der Waals surface area (Å²) in [6.45, 7) is 8.28. The lowest BCUT2D eigenvalue weighted by molar-refractivity contribution is -0.126. The van der Waals surface area contributed by atoms with Crippen molar-refractivity contribution in [2.75, 3.05) is 26.2 Å². The molecule has 0 bridgehead atoms. The second-order valence-electron chi connectivity index (χ2n) is 6.52. The summed E-state index contributed by atoms with van der Waals surface area (Å²) in [5.74, 6) is 1.46. The molecule has 0 aromatic heterocycles. The van der Waals surface area contributed by atoms with E-state index in [1.54, 1.807) is 0 Å². The summed E-state index contributed by atoms with van der Waals surface area (Å²) in [5.41, 5.74) is 5.75. The zero-order valence-electron chi connectivity index (χ0n) is 12.4. The molecule has 1 saturated carbocycles. The first kappa shape index (κ1) is 14.8. The molecular weight excluding hydrogens is 238 g/mol. The van der Waals surface area contributed by atoms with Crippen molar-refractivity contribution in [3.63, 3.8) is 0 Å². The van der Waals surface area contributed by atoms with E-state index < -0.39 is 0 Å². The summed E-state index contributed by atoms with van der Waals surface area (Å²) >= 11 is 0. The van der Waals surface area contributed by atoms with Crippen LogP contribution in [0.4, 0.5) is 0 Å². The van der Waals surface area contributed by atoms with Gasteiger partial charge in [0.05, 0.1) is 0 Å². The van der Waals surface area contributed by atoms with Gasteiger partial charge in [-0.25, -0.2) is 0 Å². The molecule has 110 valence electrons. The van der Waals surface area contributed by atoms with E-state index in [1.807, 2.05) is 0 Å². The van der Waals surface area contributed by atoms with E-state index in [0.717, 1.165) is 32.4 Å². The highest BCUT2D eigenvalue weighted by atomic mass is 16.1. The molecule has 2 fully saturated rings. The van der Waals surface area contributed by atoms with E-state index >= 15 is 0 Å². The molecule has 1 aliphatic heterocycles. The lowest BCUT2D eigenvalue weighted by Crippen LogP contribution is -2.38. The van der Waals surface area contributed by atoms with Crippen molar-refractivity contribution >= 4 is 5.91 Å². The fourth-order valence-corrected chi connectivity index (χ4v) is 3.54. The quantitative estimate of drug-likeness (QED) is 0.787. The van der Waals surface area contributed by atoms with E-state index in [0.29, 0.717) is 24.4 Å². The van der Waals surface area contributed by atoms with Crippen LogP contribution in [0.2, 0.25) is 0 Å². The molecular formula is C15H29N3O. The van der Waals surface area contributed by atoms with Gasteiger partial charge >= 0.3 is 0 Å². The molecule has 1 aliphatic carbocycles. The van der Waals surface area contributed by atoms with Crippen molar-refractivity contribution in [1.29, 1.82) is 0 Å². The van der Waals surface area contributed by atoms with Crippen molar-refractivity contribution in [2.24, 2.45) is 23.5 Å². The summed E-state index contributed by atoms with van der Waals surface area (Å²) in [5, 5.41) is 3.17. The Labute approximate surface area is 117 Å². The maximum atomic E-state index is 12.2. The van der Waals surface area contributed by atoms with Gasteiger partial charge in [0.15, 0.2) is 0 Å². The van der Waals surface area contributed by atoms with Gasteiger partial charge in [0.2, 0.25) is 5.91 Å². The highest BCUT2D eigenvalue weighted by molar-refractivity contribution is 5.79. The fraction of sp³-hybridized carbons (Fsp3) is 0.933. The van der Waals surface area contributed by atoms with Gasteiger partial charge in [0.1, 0.15) is 0 Å². The summed E-state index contributed by atoms with van der Waals surface area (Å²) in [6.07, 6.45) is 4.52. The number of carbonyl (C=O) groups is 1. The number of hydrogen-bond donors (Lipinski definition) is 2. The number of nitrogens with one attached hydrogen (secondary N) is 1. The summed E-state index contributed by atoms with van der Waals surface area (Å²) in [7, 11) is 0. The lowest BCUT2D eigenvalue weighted by Gasteiger charge is -2.21. The Morgan fingerprint density at radius 1 is 1.37 bits per heavy atom. The normalized spacial score (nSPS) is 32.1. The second kappa shape index (κ2) is 6.71. The molecule has 3 N–H and O–H groups in total. The van der Waals surface area contributed by atoms with E-state index in [4.69, 9.17) is 5.73 Å². The van der Waals surface area contributed by atoms with Gasteiger partial charge in [-0.05, 0) is 58.0 Å². The van der Waals surface area contributed by atoms with Crippen LogP contribution in [0, 0.1) is 17.8 Å². The molecule has 19 heavy (non-hydrogen) atoms. The number of nitrogens with two attached hydrogens (primary N) is 1. The molecule has 0 aromatic carbocycles. The highest BCUT2D eigenvalue weighted by Crippen LogP contribution is 2.31. The molecule has 3 unspecified atom stereocenters. The Kier molecular flexibility index (Phi) is 5.22. The maximum absolute atomic E-state index is 12.2. The first-order valence-electron chi connectivity index (χ1n) is 7.83. The monoisotopic (exact) mass is 267 g/mol. The zero-order chi connectivity index (χ0) is 13.8. The smallest absolute Gasteiger partial charge is 0.223 e. The van der Waals surface area contributed by atoms with Gasteiger partial charge in [0.25, 0.3) is 0 Å². The molecule has 4 nitrogen and oxygen atoms in total. The Bertz CT molecular complexity index is 306. The van der Waals surface area contributed by atoms with Crippen LogP contribution in [0.15, 0.2) is 0 Å². The van der Waals surface area contributed by atoms with Gasteiger partial charge in [0, 0.05) is 25.0 Å². The SMILES string of the molecule is CC(C)N1CCC(CNC(=O)C2CCCC2CN)C1. The van der Waals surface area contributed by atoms with Crippen LogP contribution in [0.5, 0.6) is 0 Å². The molecule has 4 heteroatoms. The van der Waals surface area contributed by atoms with Crippen molar-refractivity contribution in [3.05, 3.63) is 0 Å². The van der Waals surface area contributed by atoms with Crippen LogP contribution in [0.25, 0.3) is 0 Å². The molecule has 1 heterocycles. The van der Waals surface area contributed by atoms with Crippen LogP contribution in [-0.2, 0) is 4.79 Å². The van der Waals surface area contributed by atoms with Crippen LogP contribution < -0.4 is 11.1 Å². The minimum atomic E-state index is 0.174. The predicted molar refractivity (Wildman–Crippen MR) is 77.7 cm³/mol. The van der Waals surface area contributed by atoms with Crippen molar-refractivity contribution < 1.29 is 4.79 Å². The fourth-order valence-electron chi connectivity index (χ4n) is 3.54. The van der Waals surface area contributed by atoms with Crippen LogP contribution in [-0.4, -0.2) is 43.0 Å². The maximum Gasteiger partial charge on any atom is 0.223 e. The van der Waals surface area contributed by atoms with E-state index in [-0.39, 0.29) is 11.8 Å². The van der Waals surface area contributed by atoms with Crippen molar-refractivity contribution in [3.8, 4) is 0 Å². The number of rotatable bonds is 5. The molecule has 0 spiro atoms. The Morgan fingerprint density at radius 2 is 2.16 bits per heavy atom. The van der Waals surface area contributed by atoms with Gasteiger partial charge in [-0.2, -0.15) is 0 Å². The third-order valence-corrected chi connectivity index (χ3v) is 4.91. The number of nitrogens with zero attached hydrogens (tertiary/aromatic N) is 1. The first-order chi connectivity index (χ1) is 9.11. The van der Waals surface area contributed by atoms with E-state index in [2.05, 4.69) is 24.1 Å². The Hall–Kier alpha value is -0.610. The number of amides is 1. The van der Waals surface area contributed by atoms with Gasteiger partial charge < -0.3 is 16.0 Å². The second-order valence-corrected chi connectivity index (χ2v) is 6.52. The minimum Gasteiger partial charge on any atom is -0.356 e. The average Bonchev–Trinajstić information content (AvgIpc) is 3.04. The topological polar surface area (TPSA) is 58.4 Å². The van der Waals surface area contributed by atoms with Gasteiger partial charge in [-0.15, -0.1) is 0 Å². The Balaban J connectivity index is 1.72. The molecule has 2 rings (SSSR count). The standard InChI is InChI=1S/C15H29N3O/c1-11(2)18-7-6-12(10-18)9-17-15(19)14-5-3-4-13(14)8-16/h11-14H,3-10,16H2,1-2H3,(H,17,19). The number of carbonyl (C=O) groups excluding carboxylic acids is 1. The molecule has 1 amide bonds. The zero-order valence-corrected chi connectivity index (χ0v) is 12.4. The predicted octanol–water partition coefficient (Wildman–Crippen LogP) is 1.21. The molecule has 2 aliphatic rings. The minimum absolute atomic E-state index is 0.174. The Morgan fingerprint density at radius 3 is 2.79 bits per heavy atom. The average molecular weight is 267 g/mol. The van der Waals surface area contributed by atoms with Crippen LogP contribution >= 0.6 is 0 Å². The summed E-state index contributed by atoms with van der Waals surface area (Å²) < 4.78 is 0. The molecule has 1 saturated heterocycles. The molecule has 3 atom stereocenters. The van der Waals surface area contributed by atoms with Crippen molar-refractivity contribution in [1.82, 2.24) is 10.2 Å². The highest BCUT2D eigenvalue weighted by Gasteiger charge is 2.32. The third-order valence-electron chi connectivity index (χ3n) is 4.91. The van der Waals surface area contributed by atoms with Crippen molar-refractivity contribution in [2.45, 2.75) is 45.6 Å². The third kappa shape index (κ3) is 3.69. The van der Waals surface area contributed by atoms with Gasteiger partial charge in [-0.1, -0.05) is 6.42 Å². The number of hydrogen-bond acceptors (Lipinski definition) is 3. The lowest BCUT2D eigenvalue weighted by atomic mass is 9.95. The summed E-state index contributed by atoms with van der Waals surface area (Å²) in [6, 6.07) is 0.622. The van der Waals surface area contributed by atoms with Crippen LogP contribution in [0.3, 0.4) is 0 Å². The van der Waals surface area contributed by atoms with Crippen LogP contribution in [0.1, 0.15) is 39.5 Å². The molecule has 0 aromatic rings. The molecule has 0 radical (unpaired) electrons. The largest absolute Gasteiger partial charge is 0.356 e. The summed E-state index contributed by atoms with van der Waals surface area (Å²) in [4.78, 5) is 14.7. The van der Waals surface area contributed by atoms with E-state index in [1.165, 1.54) is 13.0 Å². The first-order valence-corrected chi connectivity index (χ1v) is 7.83.